The first kappa shape index (κ1) is 11.7. The van der Waals surface area contributed by atoms with Gasteiger partial charge in [-0.2, -0.15) is 0 Å². The minimum atomic E-state index is 0.200. The first-order valence-electron chi connectivity index (χ1n) is 7.04. The highest BCUT2D eigenvalue weighted by atomic mass is 28.2. The Morgan fingerprint density at radius 3 is 2.47 bits per heavy atom. The predicted octanol–water partition coefficient (Wildman–Crippen LogP) is 4.01. The molecule has 3 atom stereocenters. The highest BCUT2D eigenvalue weighted by Crippen LogP contribution is 2.50. The second-order valence-corrected chi connectivity index (χ2v) is 10.6. The van der Waals surface area contributed by atoms with Crippen LogP contribution in [0.5, 0.6) is 0 Å². The van der Waals surface area contributed by atoms with E-state index in [1.54, 1.807) is 44.6 Å². The number of fused-ring (bicyclic) bond motifs is 2. The van der Waals surface area contributed by atoms with E-state index in [-0.39, 0.29) is 9.52 Å². The molecular weight excluding hydrogens is 196 g/mol. The van der Waals surface area contributed by atoms with Gasteiger partial charge in [0.1, 0.15) is 0 Å². The molecule has 15 heavy (non-hydrogen) atoms. The molecule has 0 aromatic carbocycles. The van der Waals surface area contributed by atoms with Crippen LogP contribution in [0.1, 0.15) is 59.3 Å². The molecule has 0 amide bonds. The molecule has 0 aliphatic heterocycles. The standard InChI is InChI=1S/C14H28Si/c1-14(2,3)15-8-4-5-12-9-11-6-7-13(12)10-11/h11-13H,4-10,15H2,1-3H3. The molecule has 0 heterocycles. The Kier molecular flexibility index (Phi) is 3.59. The first-order valence-corrected chi connectivity index (χ1v) is 8.75. The molecule has 0 saturated heterocycles. The van der Waals surface area contributed by atoms with Crippen LogP contribution in [-0.2, 0) is 0 Å². The molecule has 2 rings (SSSR count). The van der Waals surface area contributed by atoms with Gasteiger partial charge in [0.25, 0.3) is 0 Å². The Morgan fingerprint density at radius 1 is 1.13 bits per heavy atom. The molecule has 2 bridgehead atoms. The Labute approximate surface area is 98.0 Å². The van der Waals surface area contributed by atoms with Crippen molar-refractivity contribution in [2.45, 2.75) is 70.4 Å². The zero-order valence-corrected chi connectivity index (χ0v) is 12.3. The van der Waals surface area contributed by atoms with Crippen molar-refractivity contribution in [1.82, 2.24) is 0 Å². The Balaban J connectivity index is 1.59. The van der Waals surface area contributed by atoms with Gasteiger partial charge in [0, 0.05) is 9.52 Å². The summed E-state index contributed by atoms with van der Waals surface area (Å²) in [7, 11) is 0.200. The molecule has 88 valence electrons. The summed E-state index contributed by atoms with van der Waals surface area (Å²) in [6.07, 6.45) is 9.47. The summed E-state index contributed by atoms with van der Waals surface area (Å²) in [6.45, 7) is 7.28. The van der Waals surface area contributed by atoms with Crippen LogP contribution in [0, 0.1) is 17.8 Å². The van der Waals surface area contributed by atoms with Crippen molar-refractivity contribution in [2.24, 2.45) is 17.8 Å². The molecular formula is C14H28Si. The summed E-state index contributed by atoms with van der Waals surface area (Å²) in [6, 6.07) is 1.59. The highest BCUT2D eigenvalue weighted by molar-refractivity contribution is 6.39. The van der Waals surface area contributed by atoms with Crippen LogP contribution in [-0.4, -0.2) is 9.52 Å². The fraction of sp³-hybridized carbons (Fsp3) is 1.00. The molecule has 0 spiro atoms. The summed E-state index contributed by atoms with van der Waals surface area (Å²) in [5, 5.41) is 0.689. The smallest absolute Gasteiger partial charge is 0.0260 e. The summed E-state index contributed by atoms with van der Waals surface area (Å²) in [5.41, 5.74) is 0. The number of hydrogen-bond donors (Lipinski definition) is 0. The highest BCUT2D eigenvalue weighted by Gasteiger charge is 2.38. The predicted molar refractivity (Wildman–Crippen MR) is 71.2 cm³/mol. The molecule has 3 unspecified atom stereocenters. The van der Waals surface area contributed by atoms with Gasteiger partial charge < -0.3 is 0 Å². The summed E-state index contributed by atoms with van der Waals surface area (Å²) in [5.74, 6) is 3.46. The zero-order valence-electron chi connectivity index (χ0n) is 10.9. The lowest BCUT2D eigenvalue weighted by molar-refractivity contribution is 0.312. The topological polar surface area (TPSA) is 0 Å². The lowest BCUT2D eigenvalue weighted by atomic mass is 9.86. The van der Waals surface area contributed by atoms with Crippen LogP contribution in [0.4, 0.5) is 0 Å². The lowest BCUT2D eigenvalue weighted by Crippen LogP contribution is -2.12. The van der Waals surface area contributed by atoms with E-state index < -0.39 is 0 Å². The first-order chi connectivity index (χ1) is 7.04. The molecule has 1 heteroatoms. The van der Waals surface area contributed by atoms with Gasteiger partial charge in [-0.05, 0) is 42.1 Å². The second kappa shape index (κ2) is 4.61. The van der Waals surface area contributed by atoms with Crippen LogP contribution < -0.4 is 0 Å². The monoisotopic (exact) mass is 224 g/mol. The van der Waals surface area contributed by atoms with E-state index >= 15 is 0 Å². The van der Waals surface area contributed by atoms with Gasteiger partial charge in [0.2, 0.25) is 0 Å². The van der Waals surface area contributed by atoms with Crippen molar-refractivity contribution < 1.29 is 0 Å². The third-order valence-electron chi connectivity index (χ3n) is 4.64. The SMILES string of the molecule is CC(C)(C)[SiH2]CCCC1CC2CCC1C2. The second-order valence-electron chi connectivity index (χ2n) is 7.24. The fourth-order valence-corrected chi connectivity index (χ4v) is 5.39. The minimum Gasteiger partial charge on any atom is -0.0632 e. The molecule has 2 fully saturated rings. The number of hydrogen-bond acceptors (Lipinski definition) is 0. The van der Waals surface area contributed by atoms with Gasteiger partial charge in [-0.1, -0.05) is 46.1 Å². The number of rotatable bonds is 4. The maximum atomic E-state index is 2.43. The van der Waals surface area contributed by atoms with Crippen LogP contribution in [0.15, 0.2) is 0 Å². The summed E-state index contributed by atoms with van der Waals surface area (Å²) < 4.78 is 0. The van der Waals surface area contributed by atoms with Crippen LogP contribution in [0.2, 0.25) is 11.1 Å². The molecule has 0 aromatic rings. The van der Waals surface area contributed by atoms with Crippen molar-refractivity contribution in [1.29, 1.82) is 0 Å². The van der Waals surface area contributed by atoms with Crippen molar-refractivity contribution in [3.05, 3.63) is 0 Å². The van der Waals surface area contributed by atoms with Crippen molar-refractivity contribution in [3.8, 4) is 0 Å². The Bertz CT molecular complexity index is 204. The molecule has 0 aromatic heterocycles. The van der Waals surface area contributed by atoms with Gasteiger partial charge in [-0.25, -0.2) is 0 Å². The average Bonchev–Trinajstić information content (AvgIpc) is 2.71. The van der Waals surface area contributed by atoms with E-state index in [1.807, 2.05) is 0 Å². The van der Waals surface area contributed by atoms with E-state index in [4.69, 9.17) is 0 Å². The van der Waals surface area contributed by atoms with Crippen molar-refractivity contribution in [2.75, 3.05) is 0 Å². The van der Waals surface area contributed by atoms with Crippen LogP contribution >= 0.6 is 0 Å². The van der Waals surface area contributed by atoms with Crippen molar-refractivity contribution >= 4 is 9.52 Å². The molecule has 2 saturated carbocycles. The summed E-state index contributed by atoms with van der Waals surface area (Å²) in [4.78, 5) is 0. The Hall–Kier alpha value is 0.217. The van der Waals surface area contributed by atoms with Gasteiger partial charge in [-0.3, -0.25) is 0 Å². The third kappa shape index (κ3) is 3.34. The quantitative estimate of drug-likeness (QED) is 0.500. The van der Waals surface area contributed by atoms with Crippen molar-refractivity contribution in [3.63, 3.8) is 0 Å². The summed E-state index contributed by atoms with van der Waals surface area (Å²) >= 11 is 0. The van der Waals surface area contributed by atoms with E-state index in [9.17, 15) is 0 Å². The largest absolute Gasteiger partial charge is 0.0632 e. The normalized spacial score (nSPS) is 35.8. The fourth-order valence-electron chi connectivity index (χ4n) is 3.79. The lowest BCUT2D eigenvalue weighted by Gasteiger charge is -2.22. The maximum absolute atomic E-state index is 2.43. The van der Waals surface area contributed by atoms with Gasteiger partial charge in [0.05, 0.1) is 0 Å². The third-order valence-corrected chi connectivity index (χ3v) is 6.99. The minimum absolute atomic E-state index is 0.200. The van der Waals surface area contributed by atoms with E-state index in [0.29, 0.717) is 5.04 Å². The van der Waals surface area contributed by atoms with Gasteiger partial charge >= 0.3 is 0 Å². The maximum Gasteiger partial charge on any atom is 0.0260 e. The Morgan fingerprint density at radius 2 is 1.93 bits per heavy atom. The van der Waals surface area contributed by atoms with Gasteiger partial charge in [-0.15, -0.1) is 0 Å². The molecule has 2 aliphatic rings. The van der Waals surface area contributed by atoms with E-state index in [2.05, 4.69) is 20.8 Å². The average molecular weight is 224 g/mol. The van der Waals surface area contributed by atoms with Gasteiger partial charge in [0.15, 0.2) is 0 Å². The van der Waals surface area contributed by atoms with Crippen LogP contribution in [0.3, 0.4) is 0 Å². The van der Waals surface area contributed by atoms with E-state index in [0.717, 1.165) is 17.8 Å². The van der Waals surface area contributed by atoms with E-state index in [1.165, 1.54) is 0 Å². The molecule has 0 radical (unpaired) electrons. The molecule has 0 nitrogen and oxygen atoms in total. The molecule has 0 N–H and O–H groups in total. The molecule has 2 aliphatic carbocycles. The zero-order chi connectivity index (χ0) is 10.9. The van der Waals surface area contributed by atoms with Crippen LogP contribution in [0.25, 0.3) is 0 Å².